The van der Waals surface area contributed by atoms with Gasteiger partial charge in [0.2, 0.25) is 0 Å². The Morgan fingerprint density at radius 1 is 0.977 bits per heavy atom. The summed E-state index contributed by atoms with van der Waals surface area (Å²) in [5.41, 5.74) is 1.85. The number of nitrogens with zero attached hydrogens (tertiary/aromatic N) is 2. The maximum Gasteiger partial charge on any atom is 0.344 e. The fourth-order valence-electron chi connectivity index (χ4n) is 4.50. The summed E-state index contributed by atoms with van der Waals surface area (Å²) in [5, 5.41) is 0. The Labute approximate surface area is 253 Å². The van der Waals surface area contributed by atoms with Crippen molar-refractivity contribution in [2.24, 2.45) is 4.99 Å². The molecule has 0 fully saturated rings. The lowest BCUT2D eigenvalue weighted by atomic mass is 9.96. The normalized spacial score (nSPS) is 14.4. The van der Waals surface area contributed by atoms with Crippen molar-refractivity contribution < 1.29 is 33.3 Å². The first-order chi connectivity index (χ1) is 20.8. The molecule has 0 saturated carbocycles. The summed E-state index contributed by atoms with van der Waals surface area (Å²) in [4.78, 5) is 43.9. The van der Waals surface area contributed by atoms with Crippen LogP contribution in [0, 0.1) is 0 Å². The molecular weight excluding hydrogens is 572 g/mol. The zero-order chi connectivity index (χ0) is 30.9. The summed E-state index contributed by atoms with van der Waals surface area (Å²) in [5.74, 6) is 0.416. The van der Waals surface area contributed by atoms with Crippen LogP contribution in [0.3, 0.4) is 0 Å². The molecule has 1 aromatic heterocycles. The van der Waals surface area contributed by atoms with Gasteiger partial charge in [-0.15, -0.1) is 0 Å². The molecule has 43 heavy (non-hydrogen) atoms. The highest BCUT2D eigenvalue weighted by molar-refractivity contribution is 7.07. The number of allylic oxidation sites excluding steroid dienone is 1. The van der Waals surface area contributed by atoms with E-state index < -0.39 is 18.0 Å². The minimum Gasteiger partial charge on any atom is -0.490 e. The van der Waals surface area contributed by atoms with Crippen LogP contribution in [0.4, 0.5) is 0 Å². The first kappa shape index (κ1) is 31.3. The van der Waals surface area contributed by atoms with Crippen LogP contribution >= 0.6 is 11.3 Å². The number of hydrogen-bond acceptors (Lipinski definition) is 10. The number of hydrogen-bond donors (Lipinski definition) is 0. The highest BCUT2D eigenvalue weighted by Crippen LogP contribution is 2.32. The zero-order valence-electron chi connectivity index (χ0n) is 24.6. The lowest BCUT2D eigenvalue weighted by Crippen LogP contribution is -2.39. The summed E-state index contributed by atoms with van der Waals surface area (Å²) in [6.07, 6.45) is 3.38. The van der Waals surface area contributed by atoms with Gasteiger partial charge in [-0.05, 0) is 69.2 Å². The molecule has 0 N–H and O–H groups in total. The van der Waals surface area contributed by atoms with Crippen molar-refractivity contribution in [1.82, 2.24) is 4.57 Å². The van der Waals surface area contributed by atoms with Crippen LogP contribution in [0.1, 0.15) is 44.9 Å². The van der Waals surface area contributed by atoms with Crippen LogP contribution in [0.15, 0.2) is 76.2 Å². The number of fused-ring (bicyclic) bond motifs is 1. The lowest BCUT2D eigenvalue weighted by Gasteiger charge is -2.24. The Balaban J connectivity index is 1.78. The lowest BCUT2D eigenvalue weighted by molar-refractivity contribution is -0.145. The van der Waals surface area contributed by atoms with Crippen LogP contribution in [0.2, 0.25) is 0 Å². The van der Waals surface area contributed by atoms with E-state index >= 15 is 0 Å². The van der Waals surface area contributed by atoms with Gasteiger partial charge in [-0.25, -0.2) is 14.6 Å². The van der Waals surface area contributed by atoms with E-state index in [1.165, 1.54) is 15.9 Å². The Morgan fingerprint density at radius 2 is 1.72 bits per heavy atom. The van der Waals surface area contributed by atoms with Gasteiger partial charge in [0.1, 0.15) is 12.4 Å². The standard InChI is InChI=1S/C32H34N2O8S/c1-6-16-41-23-13-11-22(12-14-23)29-28(31(37)40-9-4)20(5)33-32-34(29)30(36)26(43-32)18-21-10-15-24(25(17-21)38-7-2)42-19-27(35)39-8-3/h6,10-15,17-18,29H,1,7-9,16,19H2,2-5H3/b26-18-/t29-/m1/s1. The molecule has 11 heteroatoms. The molecule has 0 aliphatic carbocycles. The molecule has 0 radical (unpaired) electrons. The molecule has 1 aliphatic rings. The average molecular weight is 607 g/mol. The number of benzene rings is 2. The van der Waals surface area contributed by atoms with Gasteiger partial charge in [-0.3, -0.25) is 9.36 Å². The van der Waals surface area contributed by atoms with Crippen molar-refractivity contribution in [2.45, 2.75) is 33.7 Å². The summed E-state index contributed by atoms with van der Waals surface area (Å²) >= 11 is 1.22. The highest BCUT2D eigenvalue weighted by atomic mass is 32.1. The molecule has 3 aromatic rings. The third-order valence-corrected chi connectivity index (χ3v) is 7.28. The first-order valence-electron chi connectivity index (χ1n) is 13.9. The Hall–Kier alpha value is -4.64. The number of ether oxygens (including phenoxy) is 5. The van der Waals surface area contributed by atoms with Gasteiger partial charge >= 0.3 is 11.9 Å². The van der Waals surface area contributed by atoms with Crippen LogP contribution in [-0.2, 0) is 19.1 Å². The third kappa shape index (κ3) is 7.23. The van der Waals surface area contributed by atoms with E-state index in [0.717, 1.165) is 0 Å². The highest BCUT2D eigenvalue weighted by Gasteiger charge is 2.33. The molecule has 226 valence electrons. The number of esters is 2. The average Bonchev–Trinajstić information content (AvgIpc) is 3.29. The second-order valence-electron chi connectivity index (χ2n) is 9.20. The Kier molecular flexibility index (Phi) is 10.6. The summed E-state index contributed by atoms with van der Waals surface area (Å²) in [6, 6.07) is 11.6. The van der Waals surface area contributed by atoms with Gasteiger partial charge in [-0.1, -0.05) is 42.2 Å². The van der Waals surface area contributed by atoms with Crippen LogP contribution in [0.5, 0.6) is 17.2 Å². The zero-order valence-corrected chi connectivity index (χ0v) is 25.4. The molecule has 0 unspecified atom stereocenters. The second-order valence-corrected chi connectivity index (χ2v) is 10.2. The van der Waals surface area contributed by atoms with Crippen LogP contribution < -0.4 is 29.1 Å². The van der Waals surface area contributed by atoms with E-state index in [1.54, 1.807) is 63.3 Å². The molecule has 0 amide bonds. The smallest absolute Gasteiger partial charge is 0.344 e. The molecule has 0 saturated heterocycles. The number of carbonyl (C=O) groups excluding carboxylic acids is 2. The van der Waals surface area contributed by atoms with E-state index in [0.29, 0.717) is 62.2 Å². The van der Waals surface area contributed by atoms with Crippen molar-refractivity contribution in [2.75, 3.05) is 33.0 Å². The maximum absolute atomic E-state index is 13.9. The molecule has 0 spiro atoms. The quantitative estimate of drug-likeness (QED) is 0.214. The van der Waals surface area contributed by atoms with E-state index in [9.17, 15) is 14.4 Å². The number of thiazole rings is 1. The van der Waals surface area contributed by atoms with Gasteiger partial charge in [0.25, 0.3) is 5.56 Å². The molecule has 4 rings (SSSR count). The van der Waals surface area contributed by atoms with Gasteiger partial charge in [0.15, 0.2) is 22.9 Å². The van der Waals surface area contributed by atoms with Crippen molar-refractivity contribution in [3.05, 3.63) is 97.2 Å². The number of rotatable bonds is 13. The topological polar surface area (TPSA) is 115 Å². The molecule has 1 atom stereocenters. The minimum absolute atomic E-state index is 0.183. The van der Waals surface area contributed by atoms with Crippen LogP contribution in [-0.4, -0.2) is 49.5 Å². The predicted molar refractivity (Wildman–Crippen MR) is 162 cm³/mol. The van der Waals surface area contributed by atoms with Gasteiger partial charge in [0.05, 0.1) is 41.7 Å². The van der Waals surface area contributed by atoms with Crippen molar-refractivity contribution in [3.8, 4) is 17.2 Å². The van der Waals surface area contributed by atoms with Crippen molar-refractivity contribution in [3.63, 3.8) is 0 Å². The third-order valence-electron chi connectivity index (χ3n) is 6.30. The molecule has 2 aromatic carbocycles. The monoisotopic (exact) mass is 606 g/mol. The molecule has 1 aliphatic heterocycles. The Bertz CT molecular complexity index is 1700. The van der Waals surface area contributed by atoms with Crippen molar-refractivity contribution in [1.29, 1.82) is 0 Å². The summed E-state index contributed by atoms with van der Waals surface area (Å²) < 4.78 is 29.2. The second kappa shape index (κ2) is 14.5. The van der Waals surface area contributed by atoms with Gasteiger partial charge in [-0.2, -0.15) is 0 Å². The van der Waals surface area contributed by atoms with Crippen LogP contribution in [0.25, 0.3) is 6.08 Å². The summed E-state index contributed by atoms with van der Waals surface area (Å²) in [6.45, 7) is 11.6. The SMILES string of the molecule is C=CCOc1ccc([C@@H]2C(C(=O)OCC)=C(C)N=c3s/c(=C\c4ccc(OCC(=O)OCC)c(OCC)c4)c(=O)n32)cc1. The minimum atomic E-state index is -0.747. The Morgan fingerprint density at radius 3 is 2.40 bits per heavy atom. The first-order valence-corrected chi connectivity index (χ1v) is 14.7. The fraction of sp³-hybridized carbons (Fsp3) is 0.312. The van der Waals surface area contributed by atoms with E-state index in [4.69, 9.17) is 23.7 Å². The molecular formula is C32H34N2O8S. The largest absolute Gasteiger partial charge is 0.490 e. The molecule has 10 nitrogen and oxygen atoms in total. The molecule has 0 bridgehead atoms. The number of carbonyl (C=O) groups is 2. The van der Waals surface area contributed by atoms with E-state index in [-0.39, 0.29) is 25.4 Å². The maximum atomic E-state index is 13.9. The van der Waals surface area contributed by atoms with Crippen molar-refractivity contribution >= 4 is 29.4 Å². The van der Waals surface area contributed by atoms with E-state index in [2.05, 4.69) is 11.6 Å². The van der Waals surface area contributed by atoms with E-state index in [1.807, 2.05) is 19.1 Å². The summed E-state index contributed by atoms with van der Waals surface area (Å²) in [7, 11) is 0. The van der Waals surface area contributed by atoms with Gasteiger partial charge < -0.3 is 23.7 Å². The molecule has 2 heterocycles. The van der Waals surface area contributed by atoms with Gasteiger partial charge in [0, 0.05) is 0 Å². The number of aromatic nitrogens is 1. The predicted octanol–water partition coefficient (Wildman–Crippen LogP) is 3.70. The fourth-order valence-corrected chi connectivity index (χ4v) is 5.55.